The number of amides is 1. The third-order valence-electron chi connectivity index (χ3n) is 2.60. The molecule has 0 N–H and O–H groups in total. The van der Waals surface area contributed by atoms with Gasteiger partial charge in [0.25, 0.3) is 0 Å². The SMILES string of the molecule is CCN1CC(C(=O)CC(=O)OC)CC1=O. The molecule has 1 heterocycles. The number of Topliss-reactive ketones (excluding diaryl/α,β-unsaturated/α-hetero) is 1. The number of rotatable bonds is 4. The number of hydrogen-bond acceptors (Lipinski definition) is 4. The van der Waals surface area contributed by atoms with Crippen molar-refractivity contribution in [2.45, 2.75) is 19.8 Å². The molecule has 0 spiro atoms. The Labute approximate surface area is 88.4 Å². The van der Waals surface area contributed by atoms with E-state index in [2.05, 4.69) is 4.74 Å². The second-order valence-corrected chi connectivity index (χ2v) is 3.55. The van der Waals surface area contributed by atoms with Gasteiger partial charge in [0.15, 0.2) is 0 Å². The molecule has 1 rings (SSSR count). The summed E-state index contributed by atoms with van der Waals surface area (Å²) in [5.41, 5.74) is 0. The van der Waals surface area contributed by atoms with E-state index in [9.17, 15) is 14.4 Å². The maximum atomic E-state index is 11.5. The monoisotopic (exact) mass is 213 g/mol. The zero-order chi connectivity index (χ0) is 11.4. The number of carbonyl (C=O) groups is 3. The van der Waals surface area contributed by atoms with Gasteiger partial charge in [-0.2, -0.15) is 0 Å². The van der Waals surface area contributed by atoms with E-state index in [1.807, 2.05) is 6.92 Å². The van der Waals surface area contributed by atoms with Crippen molar-refractivity contribution < 1.29 is 19.1 Å². The van der Waals surface area contributed by atoms with Crippen LogP contribution in [-0.4, -0.2) is 42.8 Å². The maximum absolute atomic E-state index is 11.5. The topological polar surface area (TPSA) is 63.7 Å². The molecule has 1 amide bonds. The second-order valence-electron chi connectivity index (χ2n) is 3.55. The van der Waals surface area contributed by atoms with Gasteiger partial charge in [0, 0.05) is 25.4 Å². The summed E-state index contributed by atoms with van der Waals surface area (Å²) < 4.78 is 4.40. The molecule has 0 saturated carbocycles. The average Bonchev–Trinajstić information content (AvgIpc) is 2.59. The van der Waals surface area contributed by atoms with Gasteiger partial charge >= 0.3 is 5.97 Å². The molecule has 0 aromatic rings. The molecular formula is C10H15NO4. The molecule has 0 aromatic heterocycles. The zero-order valence-corrected chi connectivity index (χ0v) is 8.99. The Morgan fingerprint density at radius 2 is 2.20 bits per heavy atom. The van der Waals surface area contributed by atoms with Crippen molar-refractivity contribution in [2.24, 2.45) is 5.92 Å². The number of ether oxygens (including phenoxy) is 1. The highest BCUT2D eigenvalue weighted by molar-refractivity contribution is 5.99. The smallest absolute Gasteiger partial charge is 0.313 e. The van der Waals surface area contributed by atoms with Crippen LogP contribution in [0.1, 0.15) is 19.8 Å². The Morgan fingerprint density at radius 1 is 1.53 bits per heavy atom. The number of ketones is 1. The van der Waals surface area contributed by atoms with Crippen LogP contribution in [0.2, 0.25) is 0 Å². The minimum absolute atomic E-state index is 0.0132. The van der Waals surface area contributed by atoms with Gasteiger partial charge in [-0.05, 0) is 6.92 Å². The predicted molar refractivity (Wildman–Crippen MR) is 52.0 cm³/mol. The van der Waals surface area contributed by atoms with Crippen molar-refractivity contribution in [2.75, 3.05) is 20.2 Å². The molecule has 1 atom stereocenters. The standard InChI is InChI=1S/C10H15NO4/c1-3-11-6-7(4-9(11)13)8(12)5-10(14)15-2/h7H,3-6H2,1-2H3. The molecule has 0 aromatic carbocycles. The lowest BCUT2D eigenvalue weighted by atomic mass is 10.0. The molecule has 0 radical (unpaired) electrons. The van der Waals surface area contributed by atoms with Gasteiger partial charge in [-0.25, -0.2) is 0 Å². The van der Waals surface area contributed by atoms with Gasteiger partial charge in [0.05, 0.1) is 7.11 Å². The van der Waals surface area contributed by atoms with Crippen LogP contribution in [0.3, 0.4) is 0 Å². The lowest BCUT2D eigenvalue weighted by Gasteiger charge is -2.12. The fraction of sp³-hybridized carbons (Fsp3) is 0.700. The van der Waals surface area contributed by atoms with E-state index in [4.69, 9.17) is 0 Å². The molecule has 5 heteroatoms. The van der Waals surface area contributed by atoms with Crippen LogP contribution >= 0.6 is 0 Å². The first-order chi connectivity index (χ1) is 7.08. The first-order valence-electron chi connectivity index (χ1n) is 4.95. The molecule has 1 aliphatic rings. The molecule has 1 fully saturated rings. The number of nitrogens with zero attached hydrogens (tertiary/aromatic N) is 1. The summed E-state index contributed by atoms with van der Waals surface area (Å²) in [5, 5.41) is 0. The van der Waals surface area contributed by atoms with Crippen molar-refractivity contribution in [3.63, 3.8) is 0 Å². The highest BCUT2D eigenvalue weighted by Gasteiger charge is 2.33. The second kappa shape index (κ2) is 4.91. The third-order valence-corrected chi connectivity index (χ3v) is 2.60. The Balaban J connectivity index is 2.49. The van der Waals surface area contributed by atoms with Gasteiger partial charge in [-0.15, -0.1) is 0 Å². The van der Waals surface area contributed by atoms with Crippen LogP contribution in [0.15, 0.2) is 0 Å². The summed E-state index contributed by atoms with van der Waals surface area (Å²) in [6.07, 6.45) is -0.00430. The average molecular weight is 213 g/mol. The Bertz CT molecular complexity index is 287. The molecule has 1 unspecified atom stereocenters. The zero-order valence-electron chi connectivity index (χ0n) is 8.99. The summed E-state index contributed by atoms with van der Waals surface area (Å²) in [5.74, 6) is -1.09. The van der Waals surface area contributed by atoms with Crippen molar-refractivity contribution in [1.82, 2.24) is 4.90 Å². The quantitative estimate of drug-likeness (QED) is 0.486. The number of methoxy groups -OCH3 is 1. The predicted octanol–water partition coefficient (Wildman–Crippen LogP) is -0.0130. The maximum Gasteiger partial charge on any atom is 0.313 e. The van der Waals surface area contributed by atoms with Crippen LogP contribution in [0.4, 0.5) is 0 Å². The highest BCUT2D eigenvalue weighted by Crippen LogP contribution is 2.19. The van der Waals surface area contributed by atoms with E-state index < -0.39 is 5.97 Å². The summed E-state index contributed by atoms with van der Waals surface area (Å²) in [7, 11) is 1.24. The van der Waals surface area contributed by atoms with Crippen LogP contribution in [0, 0.1) is 5.92 Å². The summed E-state index contributed by atoms with van der Waals surface area (Å²) in [4.78, 5) is 35.4. The molecule has 84 valence electrons. The van der Waals surface area contributed by atoms with Crippen molar-refractivity contribution in [3.05, 3.63) is 0 Å². The van der Waals surface area contributed by atoms with Crippen molar-refractivity contribution in [1.29, 1.82) is 0 Å². The number of hydrogen-bond donors (Lipinski definition) is 0. The first-order valence-corrected chi connectivity index (χ1v) is 4.95. The van der Waals surface area contributed by atoms with Gasteiger partial charge < -0.3 is 9.64 Å². The van der Waals surface area contributed by atoms with E-state index >= 15 is 0 Å². The molecule has 1 saturated heterocycles. The number of likely N-dealkylation sites (tertiary alicyclic amines) is 1. The van der Waals surface area contributed by atoms with Gasteiger partial charge in [0.1, 0.15) is 12.2 Å². The molecule has 0 bridgehead atoms. The summed E-state index contributed by atoms with van der Waals surface area (Å²) in [6, 6.07) is 0. The summed E-state index contributed by atoms with van der Waals surface area (Å²) >= 11 is 0. The van der Waals surface area contributed by atoms with Crippen LogP contribution in [0.25, 0.3) is 0 Å². The third kappa shape index (κ3) is 2.78. The molecule has 1 aliphatic heterocycles. The number of carbonyl (C=O) groups excluding carboxylic acids is 3. The van der Waals surface area contributed by atoms with E-state index in [1.54, 1.807) is 4.90 Å². The van der Waals surface area contributed by atoms with E-state index in [1.165, 1.54) is 7.11 Å². The van der Waals surface area contributed by atoms with Crippen LogP contribution in [0.5, 0.6) is 0 Å². The first kappa shape index (κ1) is 11.7. The molecule has 0 aliphatic carbocycles. The minimum atomic E-state index is -0.539. The van der Waals surface area contributed by atoms with Gasteiger partial charge in [0.2, 0.25) is 5.91 Å². The molecule has 15 heavy (non-hydrogen) atoms. The van der Waals surface area contributed by atoms with Crippen molar-refractivity contribution >= 4 is 17.7 Å². The minimum Gasteiger partial charge on any atom is -0.469 e. The van der Waals surface area contributed by atoms with E-state index in [-0.39, 0.29) is 30.4 Å². The molecule has 5 nitrogen and oxygen atoms in total. The van der Waals surface area contributed by atoms with Gasteiger partial charge in [-0.1, -0.05) is 0 Å². The largest absolute Gasteiger partial charge is 0.469 e. The normalized spacial score (nSPS) is 20.5. The van der Waals surface area contributed by atoms with E-state index in [0.717, 1.165) is 0 Å². The Morgan fingerprint density at radius 3 is 2.67 bits per heavy atom. The fourth-order valence-corrected chi connectivity index (χ4v) is 1.65. The highest BCUT2D eigenvalue weighted by atomic mass is 16.5. The lowest BCUT2D eigenvalue weighted by molar-refractivity contribution is -0.144. The van der Waals surface area contributed by atoms with E-state index in [0.29, 0.717) is 13.1 Å². The van der Waals surface area contributed by atoms with Crippen LogP contribution in [-0.2, 0) is 19.1 Å². The summed E-state index contributed by atoms with van der Waals surface area (Å²) in [6.45, 7) is 2.91. The van der Waals surface area contributed by atoms with Crippen molar-refractivity contribution in [3.8, 4) is 0 Å². The molecular weight excluding hydrogens is 198 g/mol. The fourth-order valence-electron chi connectivity index (χ4n) is 1.65. The lowest BCUT2D eigenvalue weighted by Crippen LogP contribution is -2.26. The van der Waals surface area contributed by atoms with Crippen LogP contribution < -0.4 is 0 Å². The Hall–Kier alpha value is -1.39. The number of esters is 1. The Kier molecular flexibility index (Phi) is 3.82. The van der Waals surface area contributed by atoms with Gasteiger partial charge in [-0.3, -0.25) is 14.4 Å².